The third kappa shape index (κ3) is 5.06. The second kappa shape index (κ2) is 9.71. The highest BCUT2D eigenvalue weighted by molar-refractivity contribution is 6.17. The first-order valence-corrected chi connectivity index (χ1v) is 9.25. The minimum absolute atomic E-state index is 0.162. The fourth-order valence-corrected chi connectivity index (χ4v) is 2.75. The molecule has 2 rings (SSSR count). The van der Waals surface area contributed by atoms with Crippen LogP contribution in [0.4, 0.5) is 5.69 Å². The minimum atomic E-state index is -0.713. The molecule has 0 fully saturated rings. The smallest absolute Gasteiger partial charge is 0.345 e. The molecule has 1 aromatic heterocycles. The zero-order valence-electron chi connectivity index (χ0n) is 16.3. The van der Waals surface area contributed by atoms with E-state index in [0.29, 0.717) is 5.69 Å². The van der Waals surface area contributed by atoms with E-state index in [4.69, 9.17) is 9.47 Å². The molecular weight excluding hydrogens is 344 g/mol. The third-order valence-electron chi connectivity index (χ3n) is 4.11. The Bertz CT molecular complexity index is 821. The van der Waals surface area contributed by atoms with E-state index < -0.39 is 11.9 Å². The molecule has 1 heterocycles. The maximum atomic E-state index is 12.1. The van der Waals surface area contributed by atoms with Gasteiger partial charge in [0.2, 0.25) is 0 Å². The van der Waals surface area contributed by atoms with Crippen molar-refractivity contribution in [3.8, 4) is 0 Å². The molecule has 6 heteroatoms. The van der Waals surface area contributed by atoms with Crippen LogP contribution in [0.2, 0.25) is 0 Å². The van der Waals surface area contributed by atoms with Gasteiger partial charge in [0.25, 0.3) is 0 Å². The van der Waals surface area contributed by atoms with Crippen molar-refractivity contribution in [2.75, 3.05) is 31.2 Å². The lowest BCUT2D eigenvalue weighted by Crippen LogP contribution is -2.21. The fraction of sp³-hybridized carbons (Fsp3) is 0.381. The van der Waals surface area contributed by atoms with E-state index in [9.17, 15) is 9.59 Å². The number of esters is 2. The van der Waals surface area contributed by atoms with E-state index >= 15 is 0 Å². The summed E-state index contributed by atoms with van der Waals surface area (Å²) in [7, 11) is 0. The predicted octanol–water partition coefficient (Wildman–Crippen LogP) is 3.59. The van der Waals surface area contributed by atoms with Crippen LogP contribution in [-0.2, 0) is 19.1 Å². The molecule has 1 aromatic carbocycles. The summed E-state index contributed by atoms with van der Waals surface area (Å²) in [6, 6.07) is 9.76. The van der Waals surface area contributed by atoms with Crippen molar-refractivity contribution in [2.45, 2.75) is 27.7 Å². The van der Waals surface area contributed by atoms with Crippen LogP contribution < -0.4 is 4.90 Å². The highest BCUT2D eigenvalue weighted by Gasteiger charge is 2.21. The summed E-state index contributed by atoms with van der Waals surface area (Å²) >= 11 is 0. The fourth-order valence-electron chi connectivity index (χ4n) is 2.75. The van der Waals surface area contributed by atoms with Gasteiger partial charge in [0.1, 0.15) is 5.57 Å². The van der Waals surface area contributed by atoms with Crippen molar-refractivity contribution in [2.24, 2.45) is 0 Å². The molecule has 0 atom stereocenters. The van der Waals surface area contributed by atoms with Gasteiger partial charge >= 0.3 is 11.9 Å². The van der Waals surface area contributed by atoms with Gasteiger partial charge in [-0.25, -0.2) is 14.6 Å². The molecule has 0 amide bonds. The number of fused-ring (bicyclic) bond motifs is 1. The molecular formula is C21H26N2O4. The average molecular weight is 370 g/mol. The lowest BCUT2D eigenvalue weighted by Gasteiger charge is -2.21. The van der Waals surface area contributed by atoms with Gasteiger partial charge < -0.3 is 14.4 Å². The van der Waals surface area contributed by atoms with Crippen molar-refractivity contribution in [1.82, 2.24) is 4.98 Å². The number of hydrogen-bond acceptors (Lipinski definition) is 6. The van der Waals surface area contributed by atoms with Crippen LogP contribution in [-0.4, -0.2) is 43.2 Å². The molecule has 27 heavy (non-hydrogen) atoms. The Labute approximate surface area is 159 Å². The predicted molar refractivity (Wildman–Crippen MR) is 107 cm³/mol. The molecule has 6 nitrogen and oxygen atoms in total. The SMILES string of the molecule is CCOC(=O)C(=Cc1ccc2ccc(N(CC)CC)cc2n1)C(=O)OCC. The lowest BCUT2D eigenvalue weighted by molar-refractivity contribution is -0.146. The Hall–Kier alpha value is -2.89. The van der Waals surface area contributed by atoms with E-state index in [1.807, 2.05) is 18.2 Å². The highest BCUT2D eigenvalue weighted by Crippen LogP contribution is 2.22. The summed E-state index contributed by atoms with van der Waals surface area (Å²) < 4.78 is 9.94. The van der Waals surface area contributed by atoms with Crippen molar-refractivity contribution in [3.05, 3.63) is 41.6 Å². The topological polar surface area (TPSA) is 68.7 Å². The minimum Gasteiger partial charge on any atom is -0.462 e. The first kappa shape index (κ1) is 20.4. The van der Waals surface area contributed by atoms with Gasteiger partial charge in [-0.1, -0.05) is 12.1 Å². The molecule has 0 N–H and O–H groups in total. The number of ether oxygens (including phenoxy) is 2. The molecule has 0 bridgehead atoms. The summed E-state index contributed by atoms with van der Waals surface area (Å²) in [4.78, 5) is 31.1. The Kier molecular flexibility index (Phi) is 7.34. The molecule has 0 aliphatic heterocycles. The van der Waals surface area contributed by atoms with Crippen molar-refractivity contribution in [1.29, 1.82) is 0 Å². The van der Waals surface area contributed by atoms with Gasteiger partial charge in [-0.2, -0.15) is 0 Å². The lowest BCUT2D eigenvalue weighted by atomic mass is 10.1. The number of carbonyl (C=O) groups is 2. The summed E-state index contributed by atoms with van der Waals surface area (Å²) in [5, 5.41) is 0.983. The van der Waals surface area contributed by atoms with Gasteiger partial charge in [0, 0.05) is 24.2 Å². The van der Waals surface area contributed by atoms with Gasteiger partial charge in [0.05, 0.1) is 24.4 Å². The number of nitrogens with zero attached hydrogens (tertiary/aromatic N) is 2. The summed E-state index contributed by atoms with van der Waals surface area (Å²) in [6.45, 7) is 9.72. The van der Waals surface area contributed by atoms with Gasteiger partial charge in [0.15, 0.2) is 0 Å². The third-order valence-corrected chi connectivity index (χ3v) is 4.11. The normalized spacial score (nSPS) is 10.4. The van der Waals surface area contributed by atoms with Crippen LogP contribution in [0.1, 0.15) is 33.4 Å². The van der Waals surface area contributed by atoms with E-state index in [0.717, 1.165) is 29.7 Å². The Morgan fingerprint density at radius 3 is 2.11 bits per heavy atom. The van der Waals surface area contributed by atoms with Crippen molar-refractivity contribution in [3.63, 3.8) is 0 Å². The van der Waals surface area contributed by atoms with Crippen LogP contribution in [0, 0.1) is 0 Å². The monoisotopic (exact) mass is 370 g/mol. The molecule has 144 valence electrons. The molecule has 0 saturated heterocycles. The Morgan fingerprint density at radius 2 is 1.56 bits per heavy atom. The van der Waals surface area contributed by atoms with Crippen LogP contribution in [0.5, 0.6) is 0 Å². The van der Waals surface area contributed by atoms with E-state index in [2.05, 4.69) is 29.8 Å². The first-order valence-electron chi connectivity index (χ1n) is 9.25. The highest BCUT2D eigenvalue weighted by atomic mass is 16.6. The maximum Gasteiger partial charge on any atom is 0.345 e. The van der Waals surface area contributed by atoms with Crippen molar-refractivity contribution >= 4 is 34.6 Å². The number of aromatic nitrogens is 1. The number of anilines is 1. The molecule has 0 spiro atoms. The average Bonchev–Trinajstić information content (AvgIpc) is 2.67. The maximum absolute atomic E-state index is 12.1. The standard InChI is InChI=1S/C21H26N2O4/c1-5-23(6-2)17-12-10-15-9-11-16(22-19(15)14-17)13-18(20(24)26-7-3)21(25)27-8-4/h9-14H,5-8H2,1-4H3. The van der Waals surface area contributed by atoms with Crippen LogP contribution in [0.15, 0.2) is 35.9 Å². The molecule has 0 unspecified atom stereocenters. The molecule has 0 radical (unpaired) electrons. The zero-order valence-corrected chi connectivity index (χ0v) is 16.3. The molecule has 0 aliphatic rings. The molecule has 0 saturated carbocycles. The number of hydrogen-bond donors (Lipinski definition) is 0. The second-order valence-electron chi connectivity index (χ2n) is 5.78. The van der Waals surface area contributed by atoms with Gasteiger partial charge in [-0.05, 0) is 52.0 Å². The number of pyridine rings is 1. The van der Waals surface area contributed by atoms with E-state index in [1.165, 1.54) is 6.08 Å². The van der Waals surface area contributed by atoms with Crippen LogP contribution >= 0.6 is 0 Å². The zero-order chi connectivity index (χ0) is 19.8. The van der Waals surface area contributed by atoms with E-state index in [-0.39, 0.29) is 18.8 Å². The Balaban J connectivity index is 2.46. The van der Waals surface area contributed by atoms with Crippen LogP contribution in [0.3, 0.4) is 0 Å². The van der Waals surface area contributed by atoms with Gasteiger partial charge in [-0.15, -0.1) is 0 Å². The summed E-state index contributed by atoms with van der Waals surface area (Å²) in [6.07, 6.45) is 1.42. The number of rotatable bonds is 8. The van der Waals surface area contributed by atoms with Crippen molar-refractivity contribution < 1.29 is 19.1 Å². The second-order valence-corrected chi connectivity index (χ2v) is 5.78. The quantitative estimate of drug-likeness (QED) is 0.306. The summed E-state index contributed by atoms with van der Waals surface area (Å²) in [5.41, 5.74) is 2.21. The summed E-state index contributed by atoms with van der Waals surface area (Å²) in [5.74, 6) is -1.43. The number of benzene rings is 1. The van der Waals surface area contributed by atoms with Gasteiger partial charge in [-0.3, -0.25) is 0 Å². The Morgan fingerprint density at radius 1 is 0.963 bits per heavy atom. The molecule has 2 aromatic rings. The first-order chi connectivity index (χ1) is 13.0. The number of carbonyl (C=O) groups excluding carboxylic acids is 2. The largest absolute Gasteiger partial charge is 0.462 e. The van der Waals surface area contributed by atoms with E-state index in [1.54, 1.807) is 19.9 Å². The van der Waals surface area contributed by atoms with Crippen LogP contribution in [0.25, 0.3) is 17.0 Å². The molecule has 0 aliphatic carbocycles.